The van der Waals surface area contributed by atoms with E-state index in [4.69, 9.17) is 42.0 Å². The summed E-state index contributed by atoms with van der Waals surface area (Å²) in [6.07, 6.45) is 3.09. The molecule has 11 heteroatoms. The molecule has 0 spiro atoms. The van der Waals surface area contributed by atoms with Gasteiger partial charge in [0.15, 0.2) is 11.5 Å². The molecule has 5 aromatic rings. The molecule has 0 N–H and O–H groups in total. The lowest BCUT2D eigenvalue weighted by atomic mass is 10.2. The highest BCUT2D eigenvalue weighted by molar-refractivity contribution is 7.21. The Balaban J connectivity index is 1.39. The fourth-order valence-corrected chi connectivity index (χ4v) is 6.81. The maximum atomic E-state index is 9.01. The van der Waals surface area contributed by atoms with E-state index in [1.54, 1.807) is 12.2 Å². The number of rotatable bonds is 4. The summed E-state index contributed by atoms with van der Waals surface area (Å²) in [7, 11) is 0. The minimum atomic E-state index is 0.0185. The van der Waals surface area contributed by atoms with E-state index in [1.807, 2.05) is 36.4 Å². The molecule has 0 bridgehead atoms. The Morgan fingerprint density at radius 2 is 1.22 bits per heavy atom. The van der Waals surface area contributed by atoms with Crippen molar-refractivity contribution in [3.63, 3.8) is 0 Å². The zero-order chi connectivity index (χ0) is 25.5. The smallest absolute Gasteiger partial charge is 0.263 e. The number of allylic oxidation sites excluding steroid dienone is 2. The fourth-order valence-electron chi connectivity index (χ4n) is 3.80. The summed E-state index contributed by atoms with van der Waals surface area (Å²) in [6.45, 7) is 14.9. The third-order valence-corrected chi connectivity index (χ3v) is 8.53. The maximum absolute atomic E-state index is 9.01. The Kier molecular flexibility index (Phi) is 5.53. The first-order valence-corrected chi connectivity index (χ1v) is 13.0. The quantitative estimate of drug-likeness (QED) is 0.170. The third kappa shape index (κ3) is 3.94. The molecule has 0 amide bonds. The van der Waals surface area contributed by atoms with Gasteiger partial charge in [-0.05, 0) is 24.3 Å². The molecule has 5 aromatic heterocycles. The van der Waals surface area contributed by atoms with Crippen LogP contribution in [0.3, 0.4) is 0 Å². The van der Waals surface area contributed by atoms with Gasteiger partial charge in [-0.25, -0.2) is 20.2 Å². The Hall–Kier alpha value is -4.78. The van der Waals surface area contributed by atoms with Crippen LogP contribution in [0, 0.1) is 35.8 Å². The number of thiophene rings is 3. The molecular weight excluding hydrogens is 529 g/mol. The van der Waals surface area contributed by atoms with Crippen LogP contribution in [0.25, 0.3) is 63.7 Å². The molecule has 0 saturated carbocycles. The Morgan fingerprint density at radius 3 is 1.59 bits per heavy atom. The number of hydrogen-bond acceptors (Lipinski definition) is 9. The number of ether oxygens (including phenoxy) is 2. The zero-order valence-corrected chi connectivity index (χ0v) is 21.0. The second kappa shape index (κ2) is 9.02. The van der Waals surface area contributed by atoms with Gasteiger partial charge in [0.05, 0.1) is 34.7 Å². The SMILES string of the molecule is [C-]#[N+]/C(C#N)=C\c1cc2oc(-c3sc(-c4cc5sc(/C=C(\C#N)[N+]#[C-])cc5o4)c4c3OCCO4)cc2s1. The van der Waals surface area contributed by atoms with Gasteiger partial charge in [0.2, 0.25) is 0 Å². The van der Waals surface area contributed by atoms with E-state index >= 15 is 0 Å². The third-order valence-electron chi connectivity index (χ3n) is 5.33. The molecule has 0 atom stereocenters. The lowest BCUT2D eigenvalue weighted by Crippen LogP contribution is -2.14. The van der Waals surface area contributed by atoms with Crippen molar-refractivity contribution < 1.29 is 18.3 Å². The average molecular weight is 539 g/mol. The summed E-state index contributed by atoms with van der Waals surface area (Å²) < 4.78 is 26.0. The van der Waals surface area contributed by atoms with Crippen LogP contribution in [0.2, 0.25) is 0 Å². The Labute approximate surface area is 221 Å². The van der Waals surface area contributed by atoms with Crippen molar-refractivity contribution in [2.75, 3.05) is 13.2 Å². The van der Waals surface area contributed by atoms with Crippen molar-refractivity contribution in [1.29, 1.82) is 10.5 Å². The highest BCUT2D eigenvalue weighted by Crippen LogP contribution is 2.55. The van der Waals surface area contributed by atoms with E-state index in [0.29, 0.717) is 47.4 Å². The van der Waals surface area contributed by atoms with Gasteiger partial charge in [-0.15, -0.1) is 34.0 Å². The van der Waals surface area contributed by atoms with Crippen LogP contribution >= 0.6 is 34.0 Å². The summed E-state index contributed by atoms with van der Waals surface area (Å²) in [5.74, 6) is 2.46. The summed E-state index contributed by atoms with van der Waals surface area (Å²) in [5.41, 5.74) is 1.35. The van der Waals surface area contributed by atoms with Gasteiger partial charge in [0, 0.05) is 21.9 Å². The van der Waals surface area contributed by atoms with Crippen LogP contribution in [0.1, 0.15) is 9.75 Å². The van der Waals surface area contributed by atoms with Gasteiger partial charge in [0.25, 0.3) is 11.4 Å². The molecule has 0 fully saturated rings. The van der Waals surface area contributed by atoms with Gasteiger partial charge in [-0.2, -0.15) is 0 Å². The molecule has 37 heavy (non-hydrogen) atoms. The Morgan fingerprint density at radius 1 is 0.757 bits per heavy atom. The van der Waals surface area contributed by atoms with Gasteiger partial charge < -0.3 is 18.3 Å². The van der Waals surface area contributed by atoms with E-state index in [0.717, 1.165) is 28.9 Å². The lowest BCUT2D eigenvalue weighted by molar-refractivity contribution is 0.174. The van der Waals surface area contributed by atoms with Crippen molar-refractivity contribution in [3.8, 4) is 44.9 Å². The number of hydrogen-bond donors (Lipinski definition) is 0. The van der Waals surface area contributed by atoms with E-state index in [-0.39, 0.29) is 11.4 Å². The molecule has 8 nitrogen and oxygen atoms in total. The van der Waals surface area contributed by atoms with E-state index in [2.05, 4.69) is 9.69 Å². The van der Waals surface area contributed by atoms with Gasteiger partial charge >= 0.3 is 0 Å². The van der Waals surface area contributed by atoms with Crippen LogP contribution in [-0.2, 0) is 0 Å². The van der Waals surface area contributed by atoms with Gasteiger partial charge in [-0.3, -0.25) is 0 Å². The standard InChI is InChI=1S/C26H10N4O4S3/c1-29-13(11-27)5-15-7-17-21(35-15)9-19(33-17)25-23-24(32-4-3-31-23)26(37-25)20-10-22-18(34-20)8-16(36-22)6-14(12-28)30-2/h5-10H,3-4H2/b13-5-,14-6+. The fraction of sp³-hybridized carbons (Fsp3) is 0.0769. The zero-order valence-electron chi connectivity index (χ0n) is 18.5. The monoisotopic (exact) mass is 538 g/mol. The number of fused-ring (bicyclic) bond motifs is 3. The normalized spacial score (nSPS) is 13.3. The molecule has 0 aliphatic carbocycles. The molecule has 6 rings (SSSR count). The first-order chi connectivity index (χ1) is 18.1. The Bertz CT molecular complexity index is 1720. The van der Waals surface area contributed by atoms with E-state index in [1.165, 1.54) is 34.0 Å². The molecule has 0 radical (unpaired) electrons. The predicted octanol–water partition coefficient (Wildman–Crippen LogP) is 8.04. The first kappa shape index (κ1) is 22.7. The lowest BCUT2D eigenvalue weighted by Gasteiger charge is -2.16. The summed E-state index contributed by atoms with van der Waals surface area (Å²) >= 11 is 4.31. The number of furan rings is 2. The molecular formula is C26H10N4O4S3. The van der Waals surface area contributed by atoms with E-state index < -0.39 is 0 Å². The molecule has 6 heterocycles. The molecule has 0 aromatic carbocycles. The topological polar surface area (TPSA) is 101 Å². The highest BCUT2D eigenvalue weighted by Gasteiger charge is 2.30. The largest absolute Gasteiger partial charge is 0.484 e. The minimum Gasteiger partial charge on any atom is -0.484 e. The predicted molar refractivity (Wildman–Crippen MR) is 142 cm³/mol. The molecule has 0 unspecified atom stereocenters. The van der Waals surface area contributed by atoms with Crippen molar-refractivity contribution in [3.05, 3.63) is 68.2 Å². The molecule has 1 aliphatic rings. The molecule has 0 saturated heterocycles. The van der Waals surface area contributed by atoms with Crippen molar-refractivity contribution in [2.45, 2.75) is 0 Å². The number of nitrogens with zero attached hydrogens (tertiary/aromatic N) is 4. The average Bonchev–Trinajstić information content (AvgIpc) is 3.70. The van der Waals surface area contributed by atoms with Crippen LogP contribution in [0.5, 0.6) is 11.5 Å². The second-order valence-electron chi connectivity index (χ2n) is 7.60. The summed E-state index contributed by atoms with van der Waals surface area (Å²) in [5, 5.41) is 18.0. The van der Waals surface area contributed by atoms with Crippen LogP contribution in [0.4, 0.5) is 0 Å². The highest BCUT2D eigenvalue weighted by atomic mass is 32.1. The van der Waals surface area contributed by atoms with Gasteiger partial charge in [0.1, 0.15) is 45.7 Å². The minimum absolute atomic E-state index is 0.0185. The van der Waals surface area contributed by atoms with Crippen LogP contribution in [-0.4, -0.2) is 13.2 Å². The van der Waals surface area contributed by atoms with Crippen molar-refractivity contribution in [2.24, 2.45) is 0 Å². The van der Waals surface area contributed by atoms with Crippen LogP contribution < -0.4 is 9.47 Å². The molecule has 1 aliphatic heterocycles. The van der Waals surface area contributed by atoms with Crippen molar-refractivity contribution >= 4 is 66.7 Å². The first-order valence-electron chi connectivity index (χ1n) is 10.6. The van der Waals surface area contributed by atoms with E-state index in [9.17, 15) is 0 Å². The summed E-state index contributed by atoms with van der Waals surface area (Å²) in [4.78, 5) is 9.50. The summed E-state index contributed by atoms with van der Waals surface area (Å²) in [6, 6.07) is 11.2. The van der Waals surface area contributed by atoms with Crippen LogP contribution in [0.15, 0.2) is 44.5 Å². The maximum Gasteiger partial charge on any atom is 0.263 e. The van der Waals surface area contributed by atoms with Crippen molar-refractivity contribution in [1.82, 2.24) is 0 Å². The van der Waals surface area contributed by atoms with Gasteiger partial charge in [-0.1, -0.05) is 0 Å². The second-order valence-corrected chi connectivity index (χ2v) is 10.8. The number of nitriles is 2. The molecule has 176 valence electrons.